The molecule has 0 aromatic carbocycles. The van der Waals surface area contributed by atoms with Gasteiger partial charge in [0.2, 0.25) is 0 Å². The van der Waals surface area contributed by atoms with E-state index in [9.17, 15) is 4.79 Å². The number of hydrogen-bond donors (Lipinski definition) is 0. The molecule has 2 aliphatic rings. The molecule has 2 rings (SSSR count). The molecule has 3 nitrogen and oxygen atoms in total. The summed E-state index contributed by atoms with van der Waals surface area (Å²) in [4.78, 5) is 14.1. The fourth-order valence-electron chi connectivity index (χ4n) is 2.73. The number of fused-ring (bicyclic) bond motifs is 1. The van der Waals surface area contributed by atoms with Crippen molar-refractivity contribution >= 4 is 5.97 Å². The van der Waals surface area contributed by atoms with Crippen LogP contribution in [-0.2, 0) is 9.53 Å². The Morgan fingerprint density at radius 2 is 2.20 bits per heavy atom. The van der Waals surface area contributed by atoms with Gasteiger partial charge in [-0.15, -0.1) is 0 Å². The van der Waals surface area contributed by atoms with E-state index in [0.717, 1.165) is 19.4 Å². The van der Waals surface area contributed by atoms with Crippen LogP contribution in [0.25, 0.3) is 0 Å². The number of allylic oxidation sites excluding steroid dienone is 1. The van der Waals surface area contributed by atoms with Gasteiger partial charge in [0.05, 0.1) is 6.26 Å². The Balaban J connectivity index is 1.95. The fraction of sp³-hybridized carbons (Fsp3) is 0.750. The number of rotatable bonds is 2. The van der Waals surface area contributed by atoms with Crippen molar-refractivity contribution in [2.75, 3.05) is 6.54 Å². The van der Waals surface area contributed by atoms with Crippen LogP contribution in [0.2, 0.25) is 0 Å². The highest BCUT2D eigenvalue weighted by atomic mass is 16.5. The lowest BCUT2D eigenvalue weighted by molar-refractivity contribution is -0.144. The van der Waals surface area contributed by atoms with Crippen LogP contribution in [0.4, 0.5) is 0 Å². The van der Waals surface area contributed by atoms with E-state index < -0.39 is 0 Å². The summed E-state index contributed by atoms with van der Waals surface area (Å²) in [7, 11) is 0. The predicted octanol–water partition coefficient (Wildman–Crippen LogP) is 2.08. The molecule has 0 aromatic rings. The number of hydrogen-bond acceptors (Lipinski definition) is 3. The average molecular weight is 209 g/mol. The van der Waals surface area contributed by atoms with Crippen LogP contribution in [0.15, 0.2) is 12.3 Å². The van der Waals surface area contributed by atoms with Gasteiger partial charge in [-0.1, -0.05) is 12.5 Å². The van der Waals surface area contributed by atoms with Crippen molar-refractivity contribution in [3.63, 3.8) is 0 Å². The highest BCUT2D eigenvalue weighted by molar-refractivity contribution is 5.76. The van der Waals surface area contributed by atoms with E-state index in [0.29, 0.717) is 6.04 Å². The van der Waals surface area contributed by atoms with Crippen LogP contribution in [0.3, 0.4) is 0 Å². The molecule has 2 unspecified atom stereocenters. The Hall–Kier alpha value is -0.830. The van der Waals surface area contributed by atoms with Crippen molar-refractivity contribution in [3.8, 4) is 0 Å². The van der Waals surface area contributed by atoms with Crippen molar-refractivity contribution < 1.29 is 9.53 Å². The Labute approximate surface area is 91.1 Å². The van der Waals surface area contributed by atoms with Crippen LogP contribution in [-0.4, -0.2) is 29.5 Å². The summed E-state index contributed by atoms with van der Waals surface area (Å²) in [6.45, 7) is 2.92. The minimum absolute atomic E-state index is 0.0199. The van der Waals surface area contributed by atoms with Crippen molar-refractivity contribution in [1.82, 2.24) is 4.90 Å². The van der Waals surface area contributed by atoms with E-state index in [1.807, 2.05) is 6.92 Å². The maximum atomic E-state index is 11.7. The van der Waals surface area contributed by atoms with Crippen LogP contribution >= 0.6 is 0 Å². The summed E-state index contributed by atoms with van der Waals surface area (Å²) in [6.07, 6.45) is 9.17. The fourth-order valence-corrected chi connectivity index (χ4v) is 2.73. The molecule has 15 heavy (non-hydrogen) atoms. The van der Waals surface area contributed by atoms with E-state index >= 15 is 0 Å². The largest absolute Gasteiger partial charge is 0.434 e. The zero-order valence-electron chi connectivity index (χ0n) is 9.32. The van der Waals surface area contributed by atoms with Crippen LogP contribution in [0.5, 0.6) is 0 Å². The monoisotopic (exact) mass is 209 g/mol. The highest BCUT2D eigenvalue weighted by Crippen LogP contribution is 2.31. The number of ether oxygens (including phenoxy) is 1. The maximum absolute atomic E-state index is 11.7. The van der Waals surface area contributed by atoms with Gasteiger partial charge in [-0.05, 0) is 39.2 Å². The second-order valence-corrected chi connectivity index (χ2v) is 4.39. The molecule has 0 bridgehead atoms. The molecular weight excluding hydrogens is 190 g/mol. The summed E-state index contributed by atoms with van der Waals surface area (Å²) in [6, 6.07) is 0.661. The number of carbonyl (C=O) groups excluding carboxylic acids is 1. The highest BCUT2D eigenvalue weighted by Gasteiger charge is 2.39. The maximum Gasteiger partial charge on any atom is 0.328 e. The summed E-state index contributed by atoms with van der Waals surface area (Å²) < 4.78 is 5.06. The number of esters is 1. The molecule has 0 amide bonds. The Kier molecular flexibility index (Phi) is 3.41. The quantitative estimate of drug-likeness (QED) is 0.515. The Morgan fingerprint density at radius 1 is 1.33 bits per heavy atom. The minimum atomic E-state index is -0.0718. The third-order valence-electron chi connectivity index (χ3n) is 3.44. The van der Waals surface area contributed by atoms with Gasteiger partial charge in [0.1, 0.15) is 6.04 Å². The zero-order valence-corrected chi connectivity index (χ0v) is 9.32. The van der Waals surface area contributed by atoms with Crippen molar-refractivity contribution in [1.29, 1.82) is 0 Å². The lowest BCUT2D eigenvalue weighted by atomic mass is 10.0. The van der Waals surface area contributed by atoms with E-state index in [2.05, 4.69) is 4.90 Å². The Bertz CT molecular complexity index is 262. The molecule has 0 spiro atoms. The van der Waals surface area contributed by atoms with E-state index in [4.69, 9.17) is 4.74 Å². The van der Waals surface area contributed by atoms with Crippen molar-refractivity contribution in [2.24, 2.45) is 0 Å². The molecule has 84 valence electrons. The van der Waals surface area contributed by atoms with Gasteiger partial charge in [-0.25, -0.2) is 4.79 Å². The lowest BCUT2D eigenvalue weighted by Crippen LogP contribution is -2.43. The SMILES string of the molecule is CC=COC(=O)C1CCC2CCCCN21. The molecule has 2 atom stereocenters. The standard InChI is InChI=1S/C12H19NO2/c1-2-9-15-12(14)11-7-6-10-5-3-4-8-13(10)11/h2,9-11H,3-8H2,1H3. The second-order valence-electron chi connectivity index (χ2n) is 4.39. The summed E-state index contributed by atoms with van der Waals surface area (Å²) in [5.74, 6) is -0.0718. The van der Waals surface area contributed by atoms with Gasteiger partial charge in [0.25, 0.3) is 0 Å². The summed E-state index contributed by atoms with van der Waals surface area (Å²) in [5.41, 5.74) is 0. The topological polar surface area (TPSA) is 29.5 Å². The molecule has 0 N–H and O–H groups in total. The van der Waals surface area contributed by atoms with Gasteiger partial charge in [-0.2, -0.15) is 0 Å². The summed E-state index contributed by atoms with van der Waals surface area (Å²) >= 11 is 0. The molecule has 2 heterocycles. The van der Waals surface area contributed by atoms with Gasteiger partial charge >= 0.3 is 5.97 Å². The number of carbonyl (C=O) groups is 1. The molecule has 2 aliphatic heterocycles. The molecular formula is C12H19NO2. The molecule has 2 saturated heterocycles. The first-order valence-corrected chi connectivity index (χ1v) is 5.90. The van der Waals surface area contributed by atoms with Crippen molar-refractivity contribution in [3.05, 3.63) is 12.3 Å². The first-order valence-electron chi connectivity index (χ1n) is 5.90. The van der Waals surface area contributed by atoms with Gasteiger partial charge in [0, 0.05) is 6.04 Å². The van der Waals surface area contributed by atoms with E-state index in [-0.39, 0.29) is 12.0 Å². The van der Waals surface area contributed by atoms with E-state index in [1.54, 1.807) is 6.08 Å². The Morgan fingerprint density at radius 3 is 3.00 bits per heavy atom. The predicted molar refractivity (Wildman–Crippen MR) is 58.3 cm³/mol. The summed E-state index contributed by atoms with van der Waals surface area (Å²) in [5, 5.41) is 0. The smallest absolute Gasteiger partial charge is 0.328 e. The zero-order chi connectivity index (χ0) is 10.7. The molecule has 0 aliphatic carbocycles. The van der Waals surface area contributed by atoms with Gasteiger partial charge in [0.15, 0.2) is 0 Å². The first kappa shape index (κ1) is 10.7. The van der Waals surface area contributed by atoms with Crippen LogP contribution in [0, 0.1) is 0 Å². The first-order chi connectivity index (χ1) is 7.33. The van der Waals surface area contributed by atoms with Crippen LogP contribution in [0.1, 0.15) is 39.0 Å². The molecule has 0 radical (unpaired) electrons. The number of nitrogens with zero attached hydrogens (tertiary/aromatic N) is 1. The molecule has 2 fully saturated rings. The van der Waals surface area contributed by atoms with E-state index in [1.165, 1.54) is 25.5 Å². The van der Waals surface area contributed by atoms with Crippen molar-refractivity contribution in [2.45, 2.75) is 51.1 Å². The van der Waals surface area contributed by atoms with Crippen LogP contribution < -0.4 is 0 Å². The lowest BCUT2D eigenvalue weighted by Gasteiger charge is -2.32. The van der Waals surface area contributed by atoms with Gasteiger partial charge < -0.3 is 4.74 Å². The molecule has 0 aromatic heterocycles. The average Bonchev–Trinajstić information content (AvgIpc) is 2.69. The third kappa shape index (κ3) is 2.23. The normalized spacial score (nSPS) is 31.8. The molecule has 0 saturated carbocycles. The third-order valence-corrected chi connectivity index (χ3v) is 3.44. The number of piperidine rings is 1. The minimum Gasteiger partial charge on any atom is -0.434 e. The second kappa shape index (κ2) is 4.79. The molecule has 3 heteroatoms. The van der Waals surface area contributed by atoms with Gasteiger partial charge in [-0.3, -0.25) is 4.90 Å².